The monoisotopic (exact) mass is 319 g/mol. The number of carbonyl (C=O) groups excluding carboxylic acids is 2. The number of esters is 1. The third-order valence-electron chi connectivity index (χ3n) is 1.82. The van der Waals surface area contributed by atoms with Crippen LogP contribution in [0.3, 0.4) is 0 Å². The molecule has 0 spiro atoms. The number of halogens is 1. The molecule has 0 aromatic heterocycles. The Kier molecular flexibility index (Phi) is 4.07. The average Bonchev–Trinajstić information content (AvgIpc) is 2.22. The van der Waals surface area contributed by atoms with Crippen molar-refractivity contribution >= 4 is 40.2 Å². The molecule has 0 fully saturated rings. The second kappa shape index (κ2) is 5.11. The standard InChI is InChI=1S/C10H10INO3/c1-6-3-4-7(11)5-8(6)12-9(13)10(14)15-2/h3-5H,1-2H3,(H,12,13). The van der Waals surface area contributed by atoms with E-state index in [4.69, 9.17) is 0 Å². The van der Waals surface area contributed by atoms with Crippen molar-refractivity contribution in [2.75, 3.05) is 12.4 Å². The molecule has 1 rings (SSSR count). The molecule has 5 heteroatoms. The van der Waals surface area contributed by atoms with E-state index in [0.29, 0.717) is 5.69 Å². The Balaban J connectivity index is 2.85. The third kappa shape index (κ3) is 3.19. The lowest BCUT2D eigenvalue weighted by Gasteiger charge is -2.07. The summed E-state index contributed by atoms with van der Waals surface area (Å²) in [6.45, 7) is 1.85. The van der Waals surface area contributed by atoms with Gasteiger partial charge < -0.3 is 10.1 Å². The second-order valence-electron chi connectivity index (χ2n) is 2.90. The van der Waals surface area contributed by atoms with Gasteiger partial charge >= 0.3 is 11.9 Å². The van der Waals surface area contributed by atoms with Gasteiger partial charge in [-0.2, -0.15) is 0 Å². The maximum atomic E-state index is 11.2. The van der Waals surface area contributed by atoms with Crippen LogP contribution in [0.15, 0.2) is 18.2 Å². The molecule has 0 unspecified atom stereocenters. The van der Waals surface area contributed by atoms with E-state index < -0.39 is 11.9 Å². The lowest BCUT2D eigenvalue weighted by Crippen LogP contribution is -2.24. The number of methoxy groups -OCH3 is 1. The van der Waals surface area contributed by atoms with E-state index in [1.54, 1.807) is 6.07 Å². The molecule has 0 aliphatic heterocycles. The molecule has 0 heterocycles. The highest BCUT2D eigenvalue weighted by molar-refractivity contribution is 14.1. The molecule has 0 aliphatic rings. The van der Waals surface area contributed by atoms with Crippen molar-refractivity contribution in [2.24, 2.45) is 0 Å². The van der Waals surface area contributed by atoms with Gasteiger partial charge in [-0.1, -0.05) is 6.07 Å². The molecule has 0 bridgehead atoms. The highest BCUT2D eigenvalue weighted by atomic mass is 127. The van der Waals surface area contributed by atoms with Crippen LogP contribution in [0.2, 0.25) is 0 Å². The van der Waals surface area contributed by atoms with Gasteiger partial charge in [0.05, 0.1) is 7.11 Å². The molecule has 4 nitrogen and oxygen atoms in total. The van der Waals surface area contributed by atoms with Crippen LogP contribution in [0.1, 0.15) is 5.56 Å². The number of anilines is 1. The van der Waals surface area contributed by atoms with Crippen molar-refractivity contribution in [1.29, 1.82) is 0 Å². The van der Waals surface area contributed by atoms with Crippen LogP contribution in [0.5, 0.6) is 0 Å². The van der Waals surface area contributed by atoms with Crippen LogP contribution >= 0.6 is 22.6 Å². The Morgan fingerprint density at radius 2 is 2.07 bits per heavy atom. The summed E-state index contributed by atoms with van der Waals surface area (Å²) in [5.74, 6) is -1.66. The molecule has 0 saturated heterocycles. The van der Waals surface area contributed by atoms with Gasteiger partial charge in [-0.25, -0.2) is 4.79 Å². The van der Waals surface area contributed by atoms with Crippen LogP contribution in [-0.2, 0) is 14.3 Å². The Hall–Kier alpha value is -1.11. The van der Waals surface area contributed by atoms with Gasteiger partial charge in [0.1, 0.15) is 0 Å². The summed E-state index contributed by atoms with van der Waals surface area (Å²) in [4.78, 5) is 22.1. The zero-order valence-corrected chi connectivity index (χ0v) is 10.5. The smallest absolute Gasteiger partial charge is 0.396 e. The van der Waals surface area contributed by atoms with Crippen molar-refractivity contribution in [3.63, 3.8) is 0 Å². The second-order valence-corrected chi connectivity index (χ2v) is 4.15. The molecule has 1 aromatic carbocycles. The first-order valence-electron chi connectivity index (χ1n) is 4.20. The molecule has 0 aliphatic carbocycles. The summed E-state index contributed by atoms with van der Waals surface area (Å²) in [7, 11) is 1.17. The van der Waals surface area contributed by atoms with Gasteiger partial charge in [-0.3, -0.25) is 4.79 Å². The van der Waals surface area contributed by atoms with Crippen LogP contribution in [0.4, 0.5) is 5.69 Å². The van der Waals surface area contributed by atoms with E-state index in [2.05, 4.69) is 32.6 Å². The number of ether oxygens (including phenoxy) is 1. The molecular formula is C10H10INO3. The third-order valence-corrected chi connectivity index (χ3v) is 2.49. The van der Waals surface area contributed by atoms with Crippen LogP contribution in [0.25, 0.3) is 0 Å². The minimum atomic E-state index is -0.895. The summed E-state index contributed by atoms with van der Waals surface area (Å²) in [5, 5.41) is 2.48. The van der Waals surface area contributed by atoms with Gasteiger partial charge in [-0.05, 0) is 47.2 Å². The summed E-state index contributed by atoms with van der Waals surface area (Å²) in [6.07, 6.45) is 0. The fourth-order valence-corrected chi connectivity index (χ4v) is 1.49. The number of nitrogens with one attached hydrogen (secondary N) is 1. The highest BCUT2D eigenvalue weighted by Crippen LogP contribution is 2.17. The lowest BCUT2D eigenvalue weighted by molar-refractivity contribution is -0.150. The SMILES string of the molecule is COC(=O)C(=O)Nc1cc(I)ccc1C. The largest absolute Gasteiger partial charge is 0.462 e. The minimum absolute atomic E-state index is 0.623. The summed E-state index contributed by atoms with van der Waals surface area (Å²) >= 11 is 2.13. The lowest BCUT2D eigenvalue weighted by atomic mass is 10.2. The molecule has 0 atom stereocenters. The summed E-state index contributed by atoms with van der Waals surface area (Å²) in [5.41, 5.74) is 1.52. The predicted molar refractivity (Wildman–Crippen MR) is 64.5 cm³/mol. The van der Waals surface area contributed by atoms with Gasteiger partial charge in [-0.15, -0.1) is 0 Å². The van der Waals surface area contributed by atoms with Crippen LogP contribution in [0, 0.1) is 10.5 Å². The first-order chi connectivity index (χ1) is 7.04. The van der Waals surface area contributed by atoms with E-state index in [0.717, 1.165) is 9.13 Å². The topological polar surface area (TPSA) is 55.4 Å². The van der Waals surface area contributed by atoms with E-state index in [1.165, 1.54) is 7.11 Å². The summed E-state index contributed by atoms with van der Waals surface area (Å²) < 4.78 is 5.29. The maximum absolute atomic E-state index is 11.2. The van der Waals surface area contributed by atoms with Gasteiger partial charge in [0.25, 0.3) is 0 Å². The normalized spacial score (nSPS) is 9.53. The number of hydrogen-bond donors (Lipinski definition) is 1. The molecule has 0 saturated carbocycles. The number of hydrogen-bond acceptors (Lipinski definition) is 3. The first kappa shape index (κ1) is 12.0. The fraction of sp³-hybridized carbons (Fsp3) is 0.200. The molecule has 80 valence electrons. The van der Waals surface area contributed by atoms with E-state index >= 15 is 0 Å². The molecule has 1 N–H and O–H groups in total. The van der Waals surface area contributed by atoms with Gasteiger partial charge in [0.2, 0.25) is 0 Å². The van der Waals surface area contributed by atoms with Crippen molar-refractivity contribution < 1.29 is 14.3 Å². The van der Waals surface area contributed by atoms with Crippen LogP contribution in [-0.4, -0.2) is 19.0 Å². The molecule has 15 heavy (non-hydrogen) atoms. The molecule has 1 aromatic rings. The van der Waals surface area contributed by atoms with Crippen molar-refractivity contribution in [2.45, 2.75) is 6.92 Å². The quantitative estimate of drug-likeness (QED) is 0.487. The number of rotatable bonds is 1. The van der Waals surface area contributed by atoms with E-state index in [9.17, 15) is 9.59 Å². The fourth-order valence-electron chi connectivity index (χ4n) is 0.995. The average molecular weight is 319 g/mol. The number of aryl methyl sites for hydroxylation is 1. The minimum Gasteiger partial charge on any atom is -0.462 e. The first-order valence-corrected chi connectivity index (χ1v) is 5.28. The Labute approximate surface area is 101 Å². The zero-order chi connectivity index (χ0) is 11.4. The zero-order valence-electron chi connectivity index (χ0n) is 8.33. The van der Waals surface area contributed by atoms with Gasteiger partial charge in [0.15, 0.2) is 0 Å². The maximum Gasteiger partial charge on any atom is 0.396 e. The van der Waals surface area contributed by atoms with E-state index in [1.807, 2.05) is 19.1 Å². The molecular weight excluding hydrogens is 309 g/mol. The Bertz CT molecular complexity index is 404. The Morgan fingerprint density at radius 1 is 1.40 bits per heavy atom. The predicted octanol–water partition coefficient (Wildman–Crippen LogP) is 1.71. The van der Waals surface area contributed by atoms with Gasteiger partial charge in [0, 0.05) is 9.26 Å². The van der Waals surface area contributed by atoms with Crippen LogP contribution < -0.4 is 5.32 Å². The van der Waals surface area contributed by atoms with Crippen molar-refractivity contribution in [3.05, 3.63) is 27.3 Å². The van der Waals surface area contributed by atoms with Crippen molar-refractivity contribution in [3.8, 4) is 0 Å². The number of amides is 1. The summed E-state index contributed by atoms with van der Waals surface area (Å²) in [6, 6.07) is 5.58. The number of carbonyl (C=O) groups is 2. The number of benzene rings is 1. The van der Waals surface area contributed by atoms with Crippen molar-refractivity contribution in [1.82, 2.24) is 0 Å². The highest BCUT2D eigenvalue weighted by Gasteiger charge is 2.14. The van der Waals surface area contributed by atoms with E-state index in [-0.39, 0.29) is 0 Å². The Morgan fingerprint density at radius 3 is 2.67 bits per heavy atom. The molecule has 0 radical (unpaired) electrons. The molecule has 1 amide bonds.